The number of hydrogen-bond donors (Lipinski definition) is 1. The molecule has 0 amide bonds. The fraction of sp³-hybridized carbons (Fsp3) is 0.450. The maximum atomic E-state index is 4.45. The molecule has 1 aromatic carbocycles. The van der Waals surface area contributed by atoms with Crippen LogP contribution in [0.15, 0.2) is 52.8 Å². The van der Waals surface area contributed by atoms with Gasteiger partial charge >= 0.3 is 0 Å². The molecule has 134 valence electrons. The molecule has 2 aromatic rings. The Hall–Kier alpha value is -2.01. The summed E-state index contributed by atoms with van der Waals surface area (Å²) in [6.07, 6.45) is 2.30. The minimum absolute atomic E-state index is 0.669. The third kappa shape index (κ3) is 4.98. The SMILES string of the molecule is CN=C(NCC1CCN(c2ccccc2)C1)N(C)CCc1cccs1. The topological polar surface area (TPSA) is 30.9 Å². The minimum atomic E-state index is 0.669. The van der Waals surface area contributed by atoms with E-state index in [1.54, 1.807) is 0 Å². The molecule has 0 bridgehead atoms. The lowest BCUT2D eigenvalue weighted by Gasteiger charge is -2.23. The fourth-order valence-corrected chi connectivity index (χ4v) is 4.03. The van der Waals surface area contributed by atoms with Crippen LogP contribution in [0.5, 0.6) is 0 Å². The lowest BCUT2D eigenvalue weighted by molar-refractivity contribution is 0.471. The molecule has 0 radical (unpaired) electrons. The van der Waals surface area contributed by atoms with Gasteiger partial charge in [0.1, 0.15) is 0 Å². The largest absolute Gasteiger partial charge is 0.371 e. The average Bonchev–Trinajstić information content (AvgIpc) is 3.33. The molecule has 1 unspecified atom stereocenters. The highest BCUT2D eigenvalue weighted by atomic mass is 32.1. The molecular formula is C20H28N4S. The van der Waals surface area contributed by atoms with Crippen molar-refractivity contribution in [2.45, 2.75) is 12.8 Å². The van der Waals surface area contributed by atoms with E-state index in [1.807, 2.05) is 18.4 Å². The van der Waals surface area contributed by atoms with Crippen LogP contribution in [-0.4, -0.2) is 51.1 Å². The molecule has 0 spiro atoms. The van der Waals surface area contributed by atoms with Gasteiger partial charge in [-0.1, -0.05) is 24.3 Å². The van der Waals surface area contributed by atoms with Crippen LogP contribution >= 0.6 is 11.3 Å². The summed E-state index contributed by atoms with van der Waals surface area (Å²) >= 11 is 1.82. The Morgan fingerprint density at radius 3 is 2.84 bits per heavy atom. The van der Waals surface area contributed by atoms with Gasteiger partial charge in [-0.05, 0) is 42.3 Å². The first-order valence-electron chi connectivity index (χ1n) is 9.00. The van der Waals surface area contributed by atoms with Crippen LogP contribution in [0.3, 0.4) is 0 Å². The van der Waals surface area contributed by atoms with E-state index in [0.717, 1.165) is 38.6 Å². The summed E-state index contributed by atoms with van der Waals surface area (Å²) in [5, 5.41) is 5.71. The summed E-state index contributed by atoms with van der Waals surface area (Å²) in [4.78, 5) is 10.6. The van der Waals surface area contributed by atoms with Crippen molar-refractivity contribution in [3.8, 4) is 0 Å². The molecule has 1 aliphatic rings. The van der Waals surface area contributed by atoms with E-state index >= 15 is 0 Å². The van der Waals surface area contributed by atoms with Crippen molar-refractivity contribution in [1.82, 2.24) is 10.2 Å². The number of nitrogens with one attached hydrogen (secondary N) is 1. The van der Waals surface area contributed by atoms with Crippen molar-refractivity contribution in [2.24, 2.45) is 10.9 Å². The van der Waals surface area contributed by atoms with Crippen molar-refractivity contribution in [3.63, 3.8) is 0 Å². The summed E-state index contributed by atoms with van der Waals surface area (Å²) in [6.45, 7) is 4.23. The van der Waals surface area contributed by atoms with E-state index in [0.29, 0.717) is 5.92 Å². The maximum absolute atomic E-state index is 4.45. The average molecular weight is 357 g/mol. The molecule has 1 aliphatic heterocycles. The molecular weight excluding hydrogens is 328 g/mol. The molecule has 0 aliphatic carbocycles. The van der Waals surface area contributed by atoms with E-state index in [4.69, 9.17) is 0 Å². The predicted molar refractivity (Wildman–Crippen MR) is 109 cm³/mol. The first-order chi connectivity index (χ1) is 12.3. The molecule has 1 fully saturated rings. The highest BCUT2D eigenvalue weighted by Crippen LogP contribution is 2.22. The third-order valence-electron chi connectivity index (χ3n) is 4.80. The molecule has 3 rings (SSSR count). The second-order valence-electron chi connectivity index (χ2n) is 6.62. The van der Waals surface area contributed by atoms with Gasteiger partial charge < -0.3 is 15.1 Å². The van der Waals surface area contributed by atoms with Gasteiger partial charge in [0.15, 0.2) is 5.96 Å². The van der Waals surface area contributed by atoms with E-state index in [2.05, 4.69) is 75.0 Å². The number of hydrogen-bond acceptors (Lipinski definition) is 3. The summed E-state index contributed by atoms with van der Waals surface area (Å²) < 4.78 is 0. The van der Waals surface area contributed by atoms with Gasteiger partial charge in [-0.15, -0.1) is 11.3 Å². The second-order valence-corrected chi connectivity index (χ2v) is 7.65. The molecule has 4 nitrogen and oxygen atoms in total. The van der Waals surface area contributed by atoms with Gasteiger partial charge in [-0.2, -0.15) is 0 Å². The predicted octanol–water partition coefficient (Wildman–Crippen LogP) is 3.32. The Morgan fingerprint density at radius 1 is 1.28 bits per heavy atom. The summed E-state index contributed by atoms with van der Waals surface area (Å²) in [5.41, 5.74) is 1.34. The van der Waals surface area contributed by atoms with Crippen LogP contribution < -0.4 is 10.2 Å². The Kier molecular flexibility index (Phi) is 6.34. The molecule has 25 heavy (non-hydrogen) atoms. The summed E-state index contributed by atoms with van der Waals surface area (Å²) in [7, 11) is 3.99. The molecule has 0 saturated carbocycles. The number of likely N-dealkylation sites (N-methyl/N-ethyl adjacent to an activating group) is 1. The van der Waals surface area contributed by atoms with E-state index in [-0.39, 0.29) is 0 Å². The number of anilines is 1. The Balaban J connectivity index is 1.43. The fourth-order valence-electron chi connectivity index (χ4n) is 3.33. The zero-order valence-corrected chi connectivity index (χ0v) is 16.0. The second kappa shape index (κ2) is 8.90. The van der Waals surface area contributed by atoms with Gasteiger partial charge in [0.25, 0.3) is 0 Å². The van der Waals surface area contributed by atoms with E-state index < -0.39 is 0 Å². The van der Waals surface area contributed by atoms with Crippen molar-refractivity contribution in [2.75, 3.05) is 45.2 Å². The standard InChI is InChI=1S/C20H28N4S/c1-21-20(23(2)12-11-19-9-6-14-25-19)22-15-17-10-13-24(16-17)18-7-4-3-5-8-18/h3-9,14,17H,10-13,15-16H2,1-2H3,(H,21,22). The number of para-hydroxylation sites is 1. The van der Waals surface area contributed by atoms with Gasteiger partial charge in [0, 0.05) is 50.8 Å². The Bertz CT molecular complexity index is 654. The molecule has 1 N–H and O–H groups in total. The summed E-state index contributed by atoms with van der Waals surface area (Å²) in [6, 6.07) is 15.0. The molecule has 1 atom stereocenters. The summed E-state index contributed by atoms with van der Waals surface area (Å²) in [5.74, 6) is 1.66. The number of aliphatic imine (C=N–C) groups is 1. The molecule has 2 heterocycles. The highest BCUT2D eigenvalue weighted by molar-refractivity contribution is 7.09. The van der Waals surface area contributed by atoms with Crippen LogP contribution in [0, 0.1) is 5.92 Å². The van der Waals surface area contributed by atoms with Crippen molar-refractivity contribution in [3.05, 3.63) is 52.7 Å². The van der Waals surface area contributed by atoms with Gasteiger partial charge in [0.05, 0.1) is 0 Å². The quantitative estimate of drug-likeness (QED) is 0.636. The lowest BCUT2D eigenvalue weighted by atomic mass is 10.1. The number of nitrogens with zero attached hydrogens (tertiary/aromatic N) is 3. The van der Waals surface area contributed by atoms with Crippen molar-refractivity contribution < 1.29 is 0 Å². The smallest absolute Gasteiger partial charge is 0.193 e. The Labute approximate surface area is 155 Å². The first kappa shape index (κ1) is 17.8. The number of benzene rings is 1. The minimum Gasteiger partial charge on any atom is -0.371 e. The van der Waals surface area contributed by atoms with Crippen LogP contribution in [0.1, 0.15) is 11.3 Å². The van der Waals surface area contributed by atoms with Crippen LogP contribution in [0.25, 0.3) is 0 Å². The molecule has 1 aromatic heterocycles. The van der Waals surface area contributed by atoms with Gasteiger partial charge in [-0.25, -0.2) is 0 Å². The van der Waals surface area contributed by atoms with Crippen molar-refractivity contribution >= 4 is 23.0 Å². The zero-order valence-electron chi connectivity index (χ0n) is 15.2. The molecule has 5 heteroatoms. The lowest BCUT2D eigenvalue weighted by Crippen LogP contribution is -2.42. The zero-order chi connectivity index (χ0) is 17.5. The van der Waals surface area contributed by atoms with E-state index in [1.165, 1.54) is 17.0 Å². The maximum Gasteiger partial charge on any atom is 0.193 e. The monoisotopic (exact) mass is 356 g/mol. The van der Waals surface area contributed by atoms with Crippen LogP contribution in [-0.2, 0) is 6.42 Å². The van der Waals surface area contributed by atoms with E-state index in [9.17, 15) is 0 Å². The number of thiophene rings is 1. The number of rotatable bonds is 6. The van der Waals surface area contributed by atoms with Crippen molar-refractivity contribution in [1.29, 1.82) is 0 Å². The third-order valence-corrected chi connectivity index (χ3v) is 5.74. The Morgan fingerprint density at radius 2 is 2.12 bits per heavy atom. The molecule has 1 saturated heterocycles. The van der Waals surface area contributed by atoms with Crippen LogP contribution in [0.4, 0.5) is 5.69 Å². The van der Waals surface area contributed by atoms with Gasteiger partial charge in [0.2, 0.25) is 0 Å². The number of guanidine groups is 1. The normalized spacial score (nSPS) is 17.8. The first-order valence-corrected chi connectivity index (χ1v) is 9.88. The van der Waals surface area contributed by atoms with Gasteiger partial charge in [-0.3, -0.25) is 4.99 Å². The highest BCUT2D eigenvalue weighted by Gasteiger charge is 2.23. The van der Waals surface area contributed by atoms with Crippen LogP contribution in [0.2, 0.25) is 0 Å².